The zero-order valence-electron chi connectivity index (χ0n) is 20.2. The number of ether oxygens (including phenoxy) is 3. The van der Waals surface area contributed by atoms with Gasteiger partial charge in [0.15, 0.2) is 18.1 Å². The maximum Gasteiger partial charge on any atom is 0.260 e. The summed E-state index contributed by atoms with van der Waals surface area (Å²) in [5.41, 5.74) is 3.30. The molecule has 3 aromatic carbocycles. The number of para-hydroxylation sites is 1. The Morgan fingerprint density at radius 3 is 2.53 bits per heavy atom. The van der Waals surface area contributed by atoms with Crippen LogP contribution in [0, 0.1) is 0 Å². The van der Waals surface area contributed by atoms with Crippen molar-refractivity contribution >= 4 is 17.5 Å². The van der Waals surface area contributed by atoms with E-state index < -0.39 is 6.17 Å². The standard InChI is InChI=1S/C28H29N3O5/c1-34-25-17-21(11-12-24(25)36-19-26(32)30-13-15-35-16-14-30)27-29-23-10-6-5-9-22(23)28(33)31(27)18-20-7-3-2-4-8-20/h2-12,17,27,29H,13-16,18-19H2,1H3/t27-/m1/s1. The molecule has 5 rings (SSSR count). The number of morpholine rings is 1. The number of benzene rings is 3. The van der Waals surface area contributed by atoms with Crippen molar-refractivity contribution in [2.45, 2.75) is 12.7 Å². The van der Waals surface area contributed by atoms with Gasteiger partial charge in [-0.15, -0.1) is 0 Å². The maximum atomic E-state index is 13.5. The lowest BCUT2D eigenvalue weighted by Crippen LogP contribution is -2.43. The van der Waals surface area contributed by atoms with Gasteiger partial charge in [0.25, 0.3) is 11.8 Å². The first kappa shape index (κ1) is 23.7. The fourth-order valence-electron chi connectivity index (χ4n) is 4.52. The molecule has 1 N–H and O–H groups in total. The topological polar surface area (TPSA) is 80.3 Å². The molecule has 0 radical (unpaired) electrons. The third kappa shape index (κ3) is 4.99. The number of methoxy groups -OCH3 is 1. The van der Waals surface area contributed by atoms with Crippen LogP contribution in [0.15, 0.2) is 72.8 Å². The summed E-state index contributed by atoms with van der Waals surface area (Å²) in [6, 6.07) is 23.0. The van der Waals surface area contributed by atoms with Crippen molar-refractivity contribution in [1.29, 1.82) is 0 Å². The van der Waals surface area contributed by atoms with Crippen molar-refractivity contribution in [3.05, 3.63) is 89.5 Å². The molecule has 2 amide bonds. The van der Waals surface area contributed by atoms with E-state index in [1.165, 1.54) is 0 Å². The largest absolute Gasteiger partial charge is 0.493 e. The summed E-state index contributed by atoms with van der Waals surface area (Å²) < 4.78 is 16.7. The van der Waals surface area contributed by atoms with Crippen molar-refractivity contribution in [1.82, 2.24) is 9.80 Å². The molecule has 0 saturated carbocycles. The van der Waals surface area contributed by atoms with E-state index in [1.54, 1.807) is 18.1 Å². The predicted octanol–water partition coefficient (Wildman–Crippen LogP) is 3.70. The highest BCUT2D eigenvalue weighted by molar-refractivity contribution is 6.01. The van der Waals surface area contributed by atoms with Gasteiger partial charge < -0.3 is 29.3 Å². The van der Waals surface area contributed by atoms with Crippen LogP contribution < -0.4 is 14.8 Å². The van der Waals surface area contributed by atoms with Crippen molar-refractivity contribution in [2.24, 2.45) is 0 Å². The van der Waals surface area contributed by atoms with Crippen LogP contribution in [-0.2, 0) is 16.1 Å². The van der Waals surface area contributed by atoms with Crippen LogP contribution in [0.2, 0.25) is 0 Å². The summed E-state index contributed by atoms with van der Waals surface area (Å²) in [7, 11) is 1.56. The molecule has 1 atom stereocenters. The maximum absolute atomic E-state index is 13.5. The fourth-order valence-corrected chi connectivity index (χ4v) is 4.52. The number of hydrogen-bond acceptors (Lipinski definition) is 6. The summed E-state index contributed by atoms with van der Waals surface area (Å²) >= 11 is 0. The van der Waals surface area contributed by atoms with Gasteiger partial charge in [-0.25, -0.2) is 0 Å². The first-order chi connectivity index (χ1) is 17.6. The van der Waals surface area contributed by atoms with E-state index in [4.69, 9.17) is 14.2 Å². The van der Waals surface area contributed by atoms with Gasteiger partial charge in [0.1, 0.15) is 6.17 Å². The highest BCUT2D eigenvalue weighted by Crippen LogP contribution is 2.37. The second-order valence-corrected chi connectivity index (χ2v) is 8.70. The van der Waals surface area contributed by atoms with Gasteiger partial charge in [-0.3, -0.25) is 9.59 Å². The molecule has 2 aliphatic rings. The molecule has 36 heavy (non-hydrogen) atoms. The Labute approximate surface area is 210 Å². The Morgan fingerprint density at radius 1 is 1.00 bits per heavy atom. The Kier molecular flexibility index (Phi) is 7.04. The zero-order valence-corrected chi connectivity index (χ0v) is 20.2. The smallest absolute Gasteiger partial charge is 0.260 e. The Balaban J connectivity index is 1.39. The first-order valence-electron chi connectivity index (χ1n) is 12.0. The molecule has 2 heterocycles. The van der Waals surface area contributed by atoms with Crippen LogP contribution in [-0.4, -0.2) is 61.6 Å². The summed E-state index contributed by atoms with van der Waals surface area (Å²) in [6.45, 7) is 2.58. The monoisotopic (exact) mass is 487 g/mol. The molecule has 186 valence electrons. The Hall–Kier alpha value is -4.04. The van der Waals surface area contributed by atoms with Crippen molar-refractivity contribution in [3.8, 4) is 11.5 Å². The van der Waals surface area contributed by atoms with Gasteiger partial charge in [-0.05, 0) is 35.4 Å². The predicted molar refractivity (Wildman–Crippen MR) is 135 cm³/mol. The molecular weight excluding hydrogens is 458 g/mol. The third-order valence-electron chi connectivity index (χ3n) is 6.44. The number of carbonyl (C=O) groups excluding carboxylic acids is 2. The molecular formula is C28H29N3O5. The van der Waals surface area contributed by atoms with E-state index in [0.717, 1.165) is 16.8 Å². The summed E-state index contributed by atoms with van der Waals surface area (Å²) in [6.07, 6.45) is -0.412. The minimum atomic E-state index is -0.412. The molecule has 0 aliphatic carbocycles. The van der Waals surface area contributed by atoms with Gasteiger partial charge in [0, 0.05) is 25.3 Å². The molecule has 0 bridgehead atoms. The molecule has 8 heteroatoms. The van der Waals surface area contributed by atoms with Gasteiger partial charge >= 0.3 is 0 Å². The lowest BCUT2D eigenvalue weighted by Gasteiger charge is -2.38. The van der Waals surface area contributed by atoms with E-state index in [2.05, 4.69) is 5.32 Å². The SMILES string of the molecule is COc1cc([C@@H]2Nc3ccccc3C(=O)N2Cc2ccccc2)ccc1OCC(=O)N1CCOCC1. The van der Waals surface area contributed by atoms with Gasteiger partial charge in [0.05, 0.1) is 25.9 Å². The average molecular weight is 488 g/mol. The average Bonchev–Trinajstić information content (AvgIpc) is 2.94. The van der Waals surface area contributed by atoms with E-state index >= 15 is 0 Å². The summed E-state index contributed by atoms with van der Waals surface area (Å²) in [5, 5.41) is 3.51. The lowest BCUT2D eigenvalue weighted by molar-refractivity contribution is -0.137. The number of nitrogens with zero attached hydrogens (tertiary/aromatic N) is 2. The number of fused-ring (bicyclic) bond motifs is 1. The zero-order chi connectivity index (χ0) is 24.9. The van der Waals surface area contributed by atoms with Crippen molar-refractivity contribution in [3.63, 3.8) is 0 Å². The molecule has 1 saturated heterocycles. The second kappa shape index (κ2) is 10.7. The van der Waals surface area contributed by atoms with E-state index in [0.29, 0.717) is 49.9 Å². The fraction of sp³-hybridized carbons (Fsp3) is 0.286. The lowest BCUT2D eigenvalue weighted by atomic mass is 10.0. The van der Waals surface area contributed by atoms with Crippen LogP contribution in [0.1, 0.15) is 27.7 Å². The molecule has 8 nitrogen and oxygen atoms in total. The molecule has 0 spiro atoms. The van der Waals surface area contributed by atoms with Crippen LogP contribution >= 0.6 is 0 Å². The normalized spacial score (nSPS) is 17.2. The molecule has 0 unspecified atom stereocenters. The Bertz CT molecular complexity index is 1230. The second-order valence-electron chi connectivity index (χ2n) is 8.70. The summed E-state index contributed by atoms with van der Waals surface area (Å²) in [4.78, 5) is 29.6. The number of carbonyl (C=O) groups is 2. The highest BCUT2D eigenvalue weighted by Gasteiger charge is 2.33. The van der Waals surface area contributed by atoms with Crippen molar-refractivity contribution in [2.75, 3.05) is 45.3 Å². The number of hydrogen-bond donors (Lipinski definition) is 1. The minimum Gasteiger partial charge on any atom is -0.493 e. The van der Waals surface area contributed by atoms with Gasteiger partial charge in [0.2, 0.25) is 0 Å². The van der Waals surface area contributed by atoms with Gasteiger partial charge in [-0.2, -0.15) is 0 Å². The third-order valence-corrected chi connectivity index (χ3v) is 6.44. The van der Waals surface area contributed by atoms with E-state index in [9.17, 15) is 9.59 Å². The van der Waals surface area contributed by atoms with Crippen LogP contribution in [0.25, 0.3) is 0 Å². The van der Waals surface area contributed by atoms with Crippen LogP contribution in [0.4, 0.5) is 5.69 Å². The molecule has 2 aliphatic heterocycles. The molecule has 3 aromatic rings. The number of rotatable bonds is 7. The first-order valence-corrected chi connectivity index (χ1v) is 12.0. The number of nitrogens with one attached hydrogen (secondary N) is 1. The number of anilines is 1. The summed E-state index contributed by atoms with van der Waals surface area (Å²) in [5.74, 6) is 0.832. The number of amides is 2. The van der Waals surface area contributed by atoms with Crippen LogP contribution in [0.3, 0.4) is 0 Å². The van der Waals surface area contributed by atoms with Crippen LogP contribution in [0.5, 0.6) is 11.5 Å². The minimum absolute atomic E-state index is 0.0476. The molecule has 0 aromatic heterocycles. The quantitative estimate of drug-likeness (QED) is 0.548. The van der Waals surface area contributed by atoms with E-state index in [-0.39, 0.29) is 18.4 Å². The molecule has 1 fully saturated rings. The highest BCUT2D eigenvalue weighted by atomic mass is 16.5. The Morgan fingerprint density at radius 2 is 1.75 bits per heavy atom. The van der Waals surface area contributed by atoms with E-state index in [1.807, 2.05) is 71.6 Å². The van der Waals surface area contributed by atoms with Crippen molar-refractivity contribution < 1.29 is 23.8 Å². The van der Waals surface area contributed by atoms with Gasteiger partial charge in [-0.1, -0.05) is 48.5 Å².